The van der Waals surface area contributed by atoms with Gasteiger partial charge in [-0.05, 0) is 42.2 Å². The maximum absolute atomic E-state index is 14.6. The van der Waals surface area contributed by atoms with Crippen LogP contribution in [0.15, 0.2) is 66.7 Å². The first-order valence-electron chi connectivity index (χ1n) is 10.0. The fourth-order valence-corrected chi connectivity index (χ4v) is 4.55. The minimum Gasteiger partial charge on any atom is -0.480 e. The Morgan fingerprint density at radius 1 is 1.06 bits per heavy atom. The smallest absolute Gasteiger partial charge is 0.326 e. The highest BCUT2D eigenvalue weighted by Gasteiger charge is 2.43. The summed E-state index contributed by atoms with van der Waals surface area (Å²) in [6.45, 7) is 0. The molecule has 1 fully saturated rings. The number of rotatable bonds is 4. The van der Waals surface area contributed by atoms with Gasteiger partial charge in [0.2, 0.25) is 0 Å². The SMILES string of the molecule is N#Cc1cc(Cl)c(C(=O)N2C(C(=O)O)CCC2c2ccccc2F)c(-c2ccccc2)c1. The van der Waals surface area contributed by atoms with E-state index in [2.05, 4.69) is 0 Å². The third-order valence-corrected chi connectivity index (χ3v) is 5.98. The highest BCUT2D eigenvalue weighted by molar-refractivity contribution is 6.35. The van der Waals surface area contributed by atoms with Crippen LogP contribution in [0, 0.1) is 17.1 Å². The van der Waals surface area contributed by atoms with Gasteiger partial charge >= 0.3 is 5.97 Å². The first-order chi connectivity index (χ1) is 15.4. The van der Waals surface area contributed by atoms with Crippen LogP contribution in [0.4, 0.5) is 4.39 Å². The molecule has 4 rings (SSSR count). The molecule has 0 aromatic heterocycles. The Morgan fingerprint density at radius 2 is 1.75 bits per heavy atom. The average Bonchev–Trinajstić information content (AvgIpc) is 3.24. The average molecular weight is 449 g/mol. The topological polar surface area (TPSA) is 81.4 Å². The number of hydrogen-bond acceptors (Lipinski definition) is 3. The molecule has 0 aliphatic carbocycles. The van der Waals surface area contributed by atoms with Crippen molar-refractivity contribution in [1.29, 1.82) is 5.26 Å². The van der Waals surface area contributed by atoms with E-state index in [1.807, 2.05) is 12.1 Å². The minimum atomic E-state index is -1.16. The zero-order valence-electron chi connectivity index (χ0n) is 16.8. The summed E-state index contributed by atoms with van der Waals surface area (Å²) in [7, 11) is 0. The van der Waals surface area contributed by atoms with E-state index < -0.39 is 29.8 Å². The van der Waals surface area contributed by atoms with Crippen molar-refractivity contribution in [2.75, 3.05) is 0 Å². The lowest BCUT2D eigenvalue weighted by Crippen LogP contribution is -2.42. The standard InChI is InChI=1S/C25H18ClFN2O3/c26-19-13-15(14-28)12-18(16-6-2-1-3-7-16)23(19)24(30)29-21(10-11-22(29)25(31)32)17-8-4-5-9-20(17)27/h1-9,12-13,21-22H,10-11H2,(H,31,32). The van der Waals surface area contributed by atoms with Gasteiger partial charge in [-0.1, -0.05) is 60.1 Å². The fraction of sp³-hybridized carbons (Fsp3) is 0.160. The number of nitrogens with zero attached hydrogens (tertiary/aromatic N) is 2. The summed E-state index contributed by atoms with van der Waals surface area (Å²) in [4.78, 5) is 27.0. The highest BCUT2D eigenvalue weighted by Crippen LogP contribution is 2.41. The fourth-order valence-electron chi connectivity index (χ4n) is 4.25. The molecular weight excluding hydrogens is 431 g/mol. The molecule has 0 radical (unpaired) electrons. The number of halogens is 2. The van der Waals surface area contributed by atoms with Gasteiger partial charge in [-0.25, -0.2) is 9.18 Å². The monoisotopic (exact) mass is 448 g/mol. The largest absolute Gasteiger partial charge is 0.480 e. The van der Waals surface area contributed by atoms with Crippen LogP contribution in [0.5, 0.6) is 0 Å². The van der Waals surface area contributed by atoms with Crippen molar-refractivity contribution >= 4 is 23.5 Å². The van der Waals surface area contributed by atoms with Gasteiger partial charge in [0.05, 0.1) is 28.3 Å². The first kappa shape index (κ1) is 21.5. The molecule has 32 heavy (non-hydrogen) atoms. The van der Waals surface area contributed by atoms with Crippen molar-refractivity contribution in [1.82, 2.24) is 4.90 Å². The molecule has 1 aliphatic heterocycles. The van der Waals surface area contributed by atoms with Gasteiger partial charge in [-0.3, -0.25) is 4.79 Å². The molecule has 0 spiro atoms. The van der Waals surface area contributed by atoms with Crippen molar-refractivity contribution in [3.05, 3.63) is 94.3 Å². The highest BCUT2D eigenvalue weighted by atomic mass is 35.5. The van der Waals surface area contributed by atoms with Crippen LogP contribution >= 0.6 is 11.6 Å². The van der Waals surface area contributed by atoms with Crippen LogP contribution in [0.3, 0.4) is 0 Å². The van der Waals surface area contributed by atoms with E-state index in [0.29, 0.717) is 17.5 Å². The van der Waals surface area contributed by atoms with E-state index in [0.717, 1.165) is 0 Å². The number of hydrogen-bond donors (Lipinski definition) is 1. The number of benzene rings is 3. The molecule has 1 heterocycles. The lowest BCUT2D eigenvalue weighted by Gasteiger charge is -2.30. The second-order valence-electron chi connectivity index (χ2n) is 7.54. The molecule has 1 aliphatic rings. The van der Waals surface area contributed by atoms with Gasteiger partial charge in [0.15, 0.2) is 0 Å². The van der Waals surface area contributed by atoms with Gasteiger partial charge in [-0.2, -0.15) is 5.26 Å². The Balaban J connectivity index is 1.89. The van der Waals surface area contributed by atoms with Crippen molar-refractivity contribution in [2.24, 2.45) is 0 Å². The molecule has 160 valence electrons. The van der Waals surface area contributed by atoms with E-state index in [-0.39, 0.29) is 28.1 Å². The van der Waals surface area contributed by atoms with E-state index in [9.17, 15) is 24.3 Å². The quantitative estimate of drug-likeness (QED) is 0.575. The van der Waals surface area contributed by atoms with Crippen molar-refractivity contribution < 1.29 is 19.1 Å². The number of carbonyl (C=O) groups is 2. The molecule has 0 saturated carbocycles. The Hall–Kier alpha value is -3.69. The minimum absolute atomic E-state index is 0.0382. The molecule has 7 heteroatoms. The Bertz CT molecular complexity index is 1240. The molecule has 1 saturated heterocycles. The van der Waals surface area contributed by atoms with Crippen LogP contribution in [-0.2, 0) is 4.79 Å². The maximum Gasteiger partial charge on any atom is 0.326 e. The number of carboxylic acids is 1. The van der Waals surface area contributed by atoms with Gasteiger partial charge in [0, 0.05) is 5.56 Å². The van der Waals surface area contributed by atoms with E-state index in [4.69, 9.17) is 11.6 Å². The number of aliphatic carboxylic acids is 1. The van der Waals surface area contributed by atoms with Crippen molar-refractivity contribution in [2.45, 2.75) is 24.9 Å². The summed E-state index contributed by atoms with van der Waals surface area (Å²) in [5.74, 6) is -2.28. The van der Waals surface area contributed by atoms with Crippen molar-refractivity contribution in [3.8, 4) is 17.2 Å². The van der Waals surface area contributed by atoms with Crippen LogP contribution in [0.1, 0.15) is 40.4 Å². The molecule has 1 amide bonds. The normalized spacial score (nSPS) is 17.7. The number of amides is 1. The molecule has 5 nitrogen and oxygen atoms in total. The summed E-state index contributed by atoms with van der Waals surface area (Å²) in [6.07, 6.45) is 0.493. The first-order valence-corrected chi connectivity index (χ1v) is 10.4. The summed E-state index contributed by atoms with van der Waals surface area (Å²) in [5.41, 5.74) is 1.69. The summed E-state index contributed by atoms with van der Waals surface area (Å²) < 4.78 is 14.6. The van der Waals surface area contributed by atoms with Crippen LogP contribution in [0.2, 0.25) is 5.02 Å². The summed E-state index contributed by atoms with van der Waals surface area (Å²) in [6, 6.07) is 18.1. The van der Waals surface area contributed by atoms with Gasteiger partial charge in [-0.15, -0.1) is 0 Å². The molecule has 3 aromatic carbocycles. The number of carbonyl (C=O) groups excluding carboxylic acids is 1. The predicted molar refractivity (Wildman–Crippen MR) is 118 cm³/mol. The van der Waals surface area contributed by atoms with Gasteiger partial charge in [0.25, 0.3) is 5.91 Å². The Morgan fingerprint density at radius 3 is 2.41 bits per heavy atom. The maximum atomic E-state index is 14.6. The molecule has 3 aromatic rings. The van der Waals surface area contributed by atoms with Crippen LogP contribution in [0.25, 0.3) is 11.1 Å². The number of likely N-dealkylation sites (tertiary alicyclic amines) is 1. The third-order valence-electron chi connectivity index (χ3n) is 5.69. The van der Waals surface area contributed by atoms with E-state index >= 15 is 0 Å². The second kappa shape index (κ2) is 8.81. The van der Waals surface area contributed by atoms with E-state index in [1.165, 1.54) is 17.0 Å². The molecule has 2 unspecified atom stereocenters. The summed E-state index contributed by atoms with van der Waals surface area (Å²) >= 11 is 6.47. The lowest BCUT2D eigenvalue weighted by atomic mass is 9.95. The zero-order valence-corrected chi connectivity index (χ0v) is 17.6. The lowest BCUT2D eigenvalue weighted by molar-refractivity contribution is -0.141. The zero-order chi connectivity index (χ0) is 22.8. The third kappa shape index (κ3) is 3.83. The predicted octanol–water partition coefficient (Wildman–Crippen LogP) is 5.45. The Kier molecular flexibility index (Phi) is 5.93. The van der Waals surface area contributed by atoms with Crippen molar-refractivity contribution in [3.63, 3.8) is 0 Å². The molecule has 2 atom stereocenters. The van der Waals surface area contributed by atoms with E-state index in [1.54, 1.807) is 48.5 Å². The molecular formula is C25H18ClFN2O3. The summed E-state index contributed by atoms with van der Waals surface area (Å²) in [5, 5.41) is 19.2. The number of carboxylic acid groups (broad SMARTS) is 1. The Labute approximate surface area is 189 Å². The molecule has 0 bridgehead atoms. The van der Waals surface area contributed by atoms with Gasteiger partial charge < -0.3 is 10.0 Å². The number of nitriles is 1. The second-order valence-corrected chi connectivity index (χ2v) is 7.95. The van der Waals surface area contributed by atoms with Crippen LogP contribution in [-0.4, -0.2) is 27.9 Å². The molecule has 1 N–H and O–H groups in total. The van der Waals surface area contributed by atoms with Crippen LogP contribution < -0.4 is 0 Å². The van der Waals surface area contributed by atoms with Gasteiger partial charge in [0.1, 0.15) is 11.9 Å².